The van der Waals surface area contributed by atoms with Gasteiger partial charge in [0.15, 0.2) is 0 Å². The molecule has 0 aliphatic carbocycles. The minimum Gasteiger partial charge on any atom is -0.377 e. The van der Waals surface area contributed by atoms with E-state index in [1.54, 1.807) is 0 Å². The molecule has 2 atom stereocenters. The highest BCUT2D eigenvalue weighted by atomic mass is 16.3. The quantitative estimate of drug-likeness (QED) is 0.458. The van der Waals surface area contributed by atoms with Gasteiger partial charge in [0.1, 0.15) is 6.23 Å². The third-order valence-electron chi connectivity index (χ3n) is 1.88. The molecule has 0 bridgehead atoms. The van der Waals surface area contributed by atoms with Gasteiger partial charge >= 0.3 is 0 Å². The van der Waals surface area contributed by atoms with Gasteiger partial charge in [0.25, 0.3) is 0 Å². The van der Waals surface area contributed by atoms with Crippen molar-refractivity contribution in [1.82, 2.24) is 4.90 Å². The lowest BCUT2D eigenvalue weighted by molar-refractivity contribution is -0.0212. The topological polar surface area (TPSA) is 49.5 Å². The van der Waals surface area contributed by atoms with E-state index in [0.29, 0.717) is 0 Å². The van der Waals surface area contributed by atoms with Gasteiger partial charge in [-0.15, -0.1) is 0 Å². The third kappa shape index (κ3) is 1.41. The Kier molecular flexibility index (Phi) is 2.05. The van der Waals surface area contributed by atoms with Gasteiger partial charge in [0, 0.05) is 12.6 Å². The molecule has 0 aromatic heterocycles. The van der Waals surface area contributed by atoms with Crippen LogP contribution in [-0.4, -0.2) is 35.9 Å². The van der Waals surface area contributed by atoms with E-state index in [4.69, 9.17) is 5.73 Å². The Bertz CT molecular complexity index is 87.1. The highest BCUT2D eigenvalue weighted by Crippen LogP contribution is 2.10. The number of nitrogens with zero attached hydrogens (tertiary/aromatic N) is 1. The Hall–Kier alpha value is -0.120. The van der Waals surface area contributed by atoms with E-state index in [1.807, 2.05) is 11.9 Å². The maximum Gasteiger partial charge on any atom is 0.122 e. The highest BCUT2D eigenvalue weighted by molar-refractivity contribution is 4.76. The van der Waals surface area contributed by atoms with Crippen LogP contribution in [0, 0.1) is 0 Å². The summed E-state index contributed by atoms with van der Waals surface area (Å²) in [6.45, 7) is 0.967. The van der Waals surface area contributed by atoms with Gasteiger partial charge in [-0.25, -0.2) is 0 Å². The molecule has 54 valence electrons. The van der Waals surface area contributed by atoms with Crippen LogP contribution in [0.2, 0.25) is 0 Å². The molecular weight excluding hydrogens is 116 g/mol. The van der Waals surface area contributed by atoms with E-state index in [1.165, 1.54) is 0 Å². The highest BCUT2D eigenvalue weighted by Gasteiger charge is 2.23. The van der Waals surface area contributed by atoms with Crippen molar-refractivity contribution in [1.29, 1.82) is 0 Å². The first-order valence-electron chi connectivity index (χ1n) is 3.35. The molecule has 3 N–H and O–H groups in total. The average Bonchev–Trinajstić information content (AvgIpc) is 1.83. The molecular formula is C6H14N2O. The monoisotopic (exact) mass is 130 g/mol. The van der Waals surface area contributed by atoms with Gasteiger partial charge in [-0.3, -0.25) is 4.90 Å². The van der Waals surface area contributed by atoms with Gasteiger partial charge in [-0.1, -0.05) is 0 Å². The largest absolute Gasteiger partial charge is 0.377 e. The summed E-state index contributed by atoms with van der Waals surface area (Å²) in [4.78, 5) is 1.88. The summed E-state index contributed by atoms with van der Waals surface area (Å²) in [5.74, 6) is 0. The van der Waals surface area contributed by atoms with E-state index in [0.717, 1.165) is 19.4 Å². The zero-order chi connectivity index (χ0) is 6.85. The number of nitrogens with two attached hydrogens (primary N) is 1. The Balaban J connectivity index is 2.41. The summed E-state index contributed by atoms with van der Waals surface area (Å²) in [5, 5.41) is 9.25. The molecule has 1 aliphatic heterocycles. The van der Waals surface area contributed by atoms with Crippen molar-refractivity contribution in [2.24, 2.45) is 5.73 Å². The van der Waals surface area contributed by atoms with E-state index in [9.17, 15) is 5.11 Å². The number of hydrogen-bond acceptors (Lipinski definition) is 3. The minimum atomic E-state index is -0.418. The molecule has 0 saturated carbocycles. The standard InChI is InChI=1S/C6H14N2O/c1-8-4-2-3-5(7)6(8)9/h5-6,9H,2-4,7H2,1H3/t5-,6?/m0/s1. The summed E-state index contributed by atoms with van der Waals surface area (Å²) in [6, 6.07) is -0.0382. The molecule has 1 rings (SSSR count). The van der Waals surface area contributed by atoms with Crippen LogP contribution in [0.1, 0.15) is 12.8 Å². The van der Waals surface area contributed by atoms with Crippen molar-refractivity contribution in [2.75, 3.05) is 13.6 Å². The van der Waals surface area contributed by atoms with E-state index in [2.05, 4.69) is 0 Å². The molecule has 1 heterocycles. The van der Waals surface area contributed by atoms with Crippen LogP contribution >= 0.6 is 0 Å². The maximum atomic E-state index is 9.25. The zero-order valence-electron chi connectivity index (χ0n) is 5.75. The first-order chi connectivity index (χ1) is 4.22. The van der Waals surface area contributed by atoms with Crippen molar-refractivity contribution >= 4 is 0 Å². The Morgan fingerprint density at radius 2 is 2.33 bits per heavy atom. The lowest BCUT2D eigenvalue weighted by Crippen LogP contribution is -2.50. The average molecular weight is 130 g/mol. The lowest BCUT2D eigenvalue weighted by Gasteiger charge is -2.32. The number of aliphatic hydroxyl groups is 1. The predicted molar refractivity (Wildman–Crippen MR) is 35.8 cm³/mol. The van der Waals surface area contributed by atoms with Crippen molar-refractivity contribution in [2.45, 2.75) is 25.1 Å². The molecule has 3 nitrogen and oxygen atoms in total. The summed E-state index contributed by atoms with van der Waals surface area (Å²) in [7, 11) is 1.89. The molecule has 1 aliphatic rings. The minimum absolute atomic E-state index is 0.0382. The molecule has 1 saturated heterocycles. The Labute approximate surface area is 55.5 Å². The molecule has 0 spiro atoms. The number of rotatable bonds is 0. The van der Waals surface area contributed by atoms with Gasteiger partial charge < -0.3 is 10.8 Å². The molecule has 0 aromatic rings. The van der Waals surface area contributed by atoms with Crippen molar-refractivity contribution in [3.05, 3.63) is 0 Å². The molecule has 3 heteroatoms. The molecule has 1 unspecified atom stereocenters. The molecule has 0 amide bonds. The zero-order valence-corrected chi connectivity index (χ0v) is 5.75. The van der Waals surface area contributed by atoms with E-state index >= 15 is 0 Å². The molecule has 0 aromatic carbocycles. The smallest absolute Gasteiger partial charge is 0.122 e. The normalized spacial score (nSPS) is 39.0. The summed E-state index contributed by atoms with van der Waals surface area (Å²) in [5.41, 5.74) is 5.58. The summed E-state index contributed by atoms with van der Waals surface area (Å²) in [6.07, 6.45) is 1.64. The van der Waals surface area contributed by atoms with Gasteiger partial charge in [0.2, 0.25) is 0 Å². The fourth-order valence-corrected chi connectivity index (χ4v) is 1.18. The summed E-state index contributed by atoms with van der Waals surface area (Å²) < 4.78 is 0. The Morgan fingerprint density at radius 1 is 1.67 bits per heavy atom. The van der Waals surface area contributed by atoms with Crippen molar-refractivity contribution < 1.29 is 5.11 Å². The van der Waals surface area contributed by atoms with Crippen LogP contribution in [0.5, 0.6) is 0 Å². The van der Waals surface area contributed by atoms with Crippen LogP contribution in [0.25, 0.3) is 0 Å². The van der Waals surface area contributed by atoms with Crippen LogP contribution in [0.3, 0.4) is 0 Å². The first-order valence-corrected chi connectivity index (χ1v) is 3.35. The molecule has 9 heavy (non-hydrogen) atoms. The fraction of sp³-hybridized carbons (Fsp3) is 1.00. The second-order valence-corrected chi connectivity index (χ2v) is 2.70. The van der Waals surface area contributed by atoms with Gasteiger partial charge in [0.05, 0.1) is 0 Å². The Morgan fingerprint density at radius 3 is 2.78 bits per heavy atom. The second-order valence-electron chi connectivity index (χ2n) is 2.70. The predicted octanol–water partition coefficient (Wildman–Crippen LogP) is -0.642. The molecule has 0 radical (unpaired) electrons. The van der Waals surface area contributed by atoms with Crippen LogP contribution in [0.4, 0.5) is 0 Å². The molecule has 1 fully saturated rings. The third-order valence-corrected chi connectivity index (χ3v) is 1.88. The van der Waals surface area contributed by atoms with Gasteiger partial charge in [-0.05, 0) is 19.9 Å². The van der Waals surface area contributed by atoms with Crippen molar-refractivity contribution in [3.63, 3.8) is 0 Å². The number of aliphatic hydroxyl groups excluding tert-OH is 1. The second kappa shape index (κ2) is 2.64. The first kappa shape index (κ1) is 6.99. The fourth-order valence-electron chi connectivity index (χ4n) is 1.18. The number of likely N-dealkylation sites (tertiary alicyclic amines) is 1. The SMILES string of the molecule is CN1CCC[C@H](N)C1O. The van der Waals surface area contributed by atoms with Crippen molar-refractivity contribution in [3.8, 4) is 0 Å². The van der Waals surface area contributed by atoms with Crippen LogP contribution in [-0.2, 0) is 0 Å². The van der Waals surface area contributed by atoms with Crippen LogP contribution in [0.15, 0.2) is 0 Å². The maximum absolute atomic E-state index is 9.25. The van der Waals surface area contributed by atoms with Crippen LogP contribution < -0.4 is 5.73 Å². The number of likely N-dealkylation sites (N-methyl/N-ethyl adjacent to an activating group) is 1. The summed E-state index contributed by atoms with van der Waals surface area (Å²) >= 11 is 0. The number of hydrogen-bond donors (Lipinski definition) is 2. The van der Waals surface area contributed by atoms with E-state index < -0.39 is 6.23 Å². The van der Waals surface area contributed by atoms with Gasteiger partial charge in [-0.2, -0.15) is 0 Å². The lowest BCUT2D eigenvalue weighted by atomic mass is 10.1. The van der Waals surface area contributed by atoms with E-state index in [-0.39, 0.29) is 6.04 Å². The number of piperidine rings is 1.